The highest BCUT2D eigenvalue weighted by Crippen LogP contribution is 2.42. The largest absolute Gasteiger partial charge is 0.337 e. The summed E-state index contributed by atoms with van der Waals surface area (Å²) in [5.41, 5.74) is 4.40. The van der Waals surface area contributed by atoms with E-state index >= 15 is 0 Å². The van der Waals surface area contributed by atoms with Crippen LogP contribution in [0.3, 0.4) is 0 Å². The molecule has 0 spiro atoms. The smallest absolute Gasteiger partial charge is 0.265 e. The quantitative estimate of drug-likeness (QED) is 0.249. The number of halogens is 1. The van der Waals surface area contributed by atoms with Crippen LogP contribution in [-0.4, -0.2) is 23.8 Å². The van der Waals surface area contributed by atoms with Crippen LogP contribution in [0.4, 0.5) is 5.69 Å². The molecular formula is C31H25ClN2O2S. The maximum Gasteiger partial charge on any atom is 0.265 e. The first kappa shape index (κ1) is 24.9. The molecule has 1 aliphatic rings. The fourth-order valence-corrected chi connectivity index (χ4v) is 5.53. The summed E-state index contributed by atoms with van der Waals surface area (Å²) in [4.78, 5) is 31.6. The molecule has 0 unspecified atom stereocenters. The Balaban J connectivity index is 1.36. The number of hydrogen-bond acceptors (Lipinski definition) is 3. The van der Waals surface area contributed by atoms with Crippen molar-refractivity contribution in [3.05, 3.63) is 135 Å². The number of hydrogen-bond donors (Lipinski definition) is 0. The number of benzene rings is 4. The van der Waals surface area contributed by atoms with E-state index in [-0.39, 0.29) is 11.8 Å². The van der Waals surface area contributed by atoms with Gasteiger partial charge in [-0.05, 0) is 59.2 Å². The molecule has 0 N–H and O–H groups in total. The minimum absolute atomic E-state index is 0.0483. The van der Waals surface area contributed by atoms with Crippen LogP contribution in [0.25, 0.3) is 6.08 Å². The Labute approximate surface area is 226 Å². The van der Waals surface area contributed by atoms with Crippen LogP contribution >= 0.6 is 23.4 Å². The monoisotopic (exact) mass is 524 g/mol. The molecule has 0 saturated heterocycles. The van der Waals surface area contributed by atoms with Crippen molar-refractivity contribution in [2.45, 2.75) is 18.0 Å². The molecule has 4 aromatic rings. The van der Waals surface area contributed by atoms with E-state index in [4.69, 9.17) is 11.6 Å². The third-order valence-corrected chi connectivity index (χ3v) is 7.44. The molecule has 5 rings (SSSR count). The van der Waals surface area contributed by atoms with Gasteiger partial charge in [0.05, 0.1) is 17.1 Å². The van der Waals surface area contributed by atoms with Crippen molar-refractivity contribution in [2.75, 3.05) is 11.9 Å². The number of carbonyl (C=O) groups excluding carboxylic acids is 2. The molecule has 0 radical (unpaired) electrons. The summed E-state index contributed by atoms with van der Waals surface area (Å²) in [6, 6.07) is 32.8. The zero-order valence-corrected chi connectivity index (χ0v) is 21.9. The lowest BCUT2D eigenvalue weighted by Gasteiger charge is -2.30. The second-order valence-corrected chi connectivity index (χ2v) is 10.4. The van der Waals surface area contributed by atoms with Crippen LogP contribution < -0.4 is 4.90 Å². The molecule has 4 aromatic carbocycles. The first-order chi connectivity index (χ1) is 18.0. The van der Waals surface area contributed by atoms with Gasteiger partial charge in [0, 0.05) is 29.1 Å². The third kappa shape index (κ3) is 5.79. The number of rotatable bonds is 6. The minimum atomic E-state index is -0.0635. The van der Waals surface area contributed by atoms with Crippen LogP contribution in [0.1, 0.15) is 27.0 Å². The molecule has 6 heteroatoms. The van der Waals surface area contributed by atoms with Gasteiger partial charge in [-0.15, -0.1) is 0 Å². The molecule has 0 fully saturated rings. The van der Waals surface area contributed by atoms with E-state index in [0.717, 1.165) is 27.3 Å². The van der Waals surface area contributed by atoms with Gasteiger partial charge in [0.25, 0.3) is 11.8 Å². The zero-order valence-electron chi connectivity index (χ0n) is 20.3. The Morgan fingerprint density at radius 2 is 1.59 bits per heavy atom. The zero-order chi connectivity index (χ0) is 25.8. The van der Waals surface area contributed by atoms with Gasteiger partial charge < -0.3 is 9.80 Å². The molecule has 184 valence electrons. The SMILES string of the molecule is CN(Cc1ccccc1)C(=O)c1ccc(/C=C2/Sc3ccccc3N(Cc3cccc(Cl)c3)C2=O)cc1. The van der Waals surface area contributed by atoms with E-state index in [1.165, 1.54) is 11.8 Å². The highest BCUT2D eigenvalue weighted by Gasteiger charge is 2.29. The molecule has 1 aliphatic heterocycles. The summed E-state index contributed by atoms with van der Waals surface area (Å²) in [5.74, 6) is -0.112. The summed E-state index contributed by atoms with van der Waals surface area (Å²) < 4.78 is 0. The summed E-state index contributed by atoms with van der Waals surface area (Å²) in [6.45, 7) is 0.966. The van der Waals surface area contributed by atoms with Gasteiger partial charge in [-0.1, -0.05) is 90.1 Å². The summed E-state index contributed by atoms with van der Waals surface area (Å²) >= 11 is 7.65. The van der Waals surface area contributed by atoms with E-state index in [9.17, 15) is 9.59 Å². The maximum absolute atomic E-state index is 13.6. The fourth-order valence-electron chi connectivity index (χ4n) is 4.26. The number of para-hydroxylation sites is 1. The highest BCUT2D eigenvalue weighted by molar-refractivity contribution is 8.04. The van der Waals surface area contributed by atoms with Gasteiger partial charge in [-0.2, -0.15) is 0 Å². The van der Waals surface area contributed by atoms with Crippen molar-refractivity contribution < 1.29 is 9.59 Å². The Morgan fingerprint density at radius 1 is 0.892 bits per heavy atom. The lowest BCUT2D eigenvalue weighted by molar-refractivity contribution is -0.114. The minimum Gasteiger partial charge on any atom is -0.337 e. The van der Waals surface area contributed by atoms with E-state index < -0.39 is 0 Å². The topological polar surface area (TPSA) is 40.6 Å². The number of nitrogens with zero attached hydrogens (tertiary/aromatic N) is 2. The summed E-state index contributed by atoms with van der Waals surface area (Å²) in [5, 5.41) is 0.643. The van der Waals surface area contributed by atoms with Gasteiger partial charge in [0.1, 0.15) is 0 Å². The predicted molar refractivity (Wildman–Crippen MR) is 152 cm³/mol. The van der Waals surface area contributed by atoms with Gasteiger partial charge in [0.2, 0.25) is 0 Å². The van der Waals surface area contributed by atoms with Gasteiger partial charge >= 0.3 is 0 Å². The van der Waals surface area contributed by atoms with Crippen LogP contribution in [0.5, 0.6) is 0 Å². The van der Waals surface area contributed by atoms with Gasteiger partial charge in [0.15, 0.2) is 0 Å². The lowest BCUT2D eigenvalue weighted by atomic mass is 10.1. The molecule has 2 amide bonds. The second-order valence-electron chi connectivity index (χ2n) is 8.87. The number of thioether (sulfide) groups is 1. The lowest BCUT2D eigenvalue weighted by Crippen LogP contribution is -2.33. The van der Waals surface area contributed by atoms with Crippen LogP contribution in [-0.2, 0) is 17.9 Å². The van der Waals surface area contributed by atoms with Crippen molar-refractivity contribution in [3.8, 4) is 0 Å². The first-order valence-electron chi connectivity index (χ1n) is 11.9. The molecule has 1 heterocycles. The molecule has 37 heavy (non-hydrogen) atoms. The number of amides is 2. The number of anilines is 1. The van der Waals surface area contributed by atoms with Crippen molar-refractivity contribution in [1.82, 2.24) is 4.90 Å². The van der Waals surface area contributed by atoms with E-state index in [0.29, 0.717) is 28.6 Å². The van der Waals surface area contributed by atoms with E-state index in [2.05, 4.69) is 0 Å². The van der Waals surface area contributed by atoms with E-state index in [1.54, 1.807) is 16.8 Å². The van der Waals surface area contributed by atoms with Gasteiger partial charge in [-0.3, -0.25) is 9.59 Å². The van der Waals surface area contributed by atoms with Crippen molar-refractivity contribution >= 4 is 46.9 Å². The molecule has 0 aromatic heterocycles. The molecule has 4 nitrogen and oxygen atoms in total. The summed E-state index contributed by atoms with van der Waals surface area (Å²) in [6.07, 6.45) is 1.88. The summed E-state index contributed by atoms with van der Waals surface area (Å²) in [7, 11) is 1.80. The second kappa shape index (κ2) is 11.1. The van der Waals surface area contributed by atoms with Crippen LogP contribution in [0, 0.1) is 0 Å². The molecule has 0 atom stereocenters. The Bertz CT molecular complexity index is 1470. The predicted octanol–water partition coefficient (Wildman–Crippen LogP) is 7.29. The van der Waals surface area contributed by atoms with Crippen LogP contribution in [0.15, 0.2) is 113 Å². The molecule has 0 bridgehead atoms. The van der Waals surface area contributed by atoms with Crippen molar-refractivity contribution in [2.24, 2.45) is 0 Å². The van der Waals surface area contributed by atoms with Gasteiger partial charge in [-0.25, -0.2) is 0 Å². The van der Waals surface area contributed by atoms with Crippen molar-refractivity contribution in [1.29, 1.82) is 0 Å². The Morgan fingerprint density at radius 3 is 2.35 bits per heavy atom. The molecular weight excluding hydrogens is 500 g/mol. The third-order valence-electron chi connectivity index (χ3n) is 6.13. The Kier molecular flexibility index (Phi) is 7.45. The fraction of sp³-hybridized carbons (Fsp3) is 0.0968. The first-order valence-corrected chi connectivity index (χ1v) is 13.1. The number of fused-ring (bicyclic) bond motifs is 1. The average molecular weight is 525 g/mol. The molecule has 0 aliphatic carbocycles. The van der Waals surface area contributed by atoms with E-state index in [1.807, 2.05) is 109 Å². The normalized spacial score (nSPS) is 13.9. The average Bonchev–Trinajstić information content (AvgIpc) is 2.91. The maximum atomic E-state index is 13.6. The molecule has 0 saturated carbocycles. The Hall–Kier alpha value is -3.80. The number of carbonyl (C=O) groups is 2. The standard InChI is InChI=1S/C31H25ClN2O2S/c1-33(20-23-8-3-2-4-9-23)30(35)25-16-14-22(15-17-25)19-29-31(36)34(21-24-10-7-11-26(32)18-24)27-12-5-6-13-28(27)37-29/h2-19H,20-21H2,1H3/b29-19+. The highest BCUT2D eigenvalue weighted by atomic mass is 35.5. The van der Waals surface area contributed by atoms with Crippen LogP contribution in [0.2, 0.25) is 5.02 Å². The van der Waals surface area contributed by atoms with Crippen molar-refractivity contribution in [3.63, 3.8) is 0 Å².